The number of amides is 1. The lowest BCUT2D eigenvalue weighted by Gasteiger charge is -2.50. The molecule has 1 aromatic carbocycles. The monoisotopic (exact) mass is 480 g/mol. The van der Waals surface area contributed by atoms with E-state index in [1.807, 2.05) is 0 Å². The molecule has 4 atom stereocenters. The number of anilines is 1. The zero-order valence-corrected chi connectivity index (χ0v) is 22.0. The third kappa shape index (κ3) is 5.41. The van der Waals surface area contributed by atoms with Gasteiger partial charge in [-0.15, -0.1) is 0 Å². The van der Waals surface area contributed by atoms with Crippen molar-refractivity contribution >= 4 is 11.6 Å². The zero-order valence-electron chi connectivity index (χ0n) is 22.0. The third-order valence-electron chi connectivity index (χ3n) is 9.87. The van der Waals surface area contributed by atoms with Crippen LogP contribution >= 0.6 is 0 Å². The van der Waals surface area contributed by atoms with Crippen molar-refractivity contribution in [2.24, 2.45) is 17.8 Å². The first-order valence-corrected chi connectivity index (χ1v) is 14.8. The van der Waals surface area contributed by atoms with E-state index in [-0.39, 0.29) is 17.5 Å². The molecular formula is C30H48N4O. The van der Waals surface area contributed by atoms with Gasteiger partial charge in [0.25, 0.3) is 0 Å². The van der Waals surface area contributed by atoms with E-state index in [0.717, 1.165) is 38.5 Å². The van der Waals surface area contributed by atoms with Crippen molar-refractivity contribution < 1.29 is 4.79 Å². The van der Waals surface area contributed by atoms with Crippen molar-refractivity contribution in [3.05, 3.63) is 29.8 Å². The van der Waals surface area contributed by atoms with Gasteiger partial charge < -0.3 is 15.5 Å². The summed E-state index contributed by atoms with van der Waals surface area (Å²) in [5.41, 5.74) is 2.68. The highest BCUT2D eigenvalue weighted by molar-refractivity contribution is 5.82. The number of piperazine rings is 1. The van der Waals surface area contributed by atoms with Crippen LogP contribution < -0.4 is 20.9 Å². The van der Waals surface area contributed by atoms with Crippen LogP contribution in [0.4, 0.5) is 5.69 Å². The first kappa shape index (κ1) is 25.1. The molecule has 0 spiro atoms. The van der Waals surface area contributed by atoms with Crippen LogP contribution in [0.5, 0.6) is 0 Å². The summed E-state index contributed by atoms with van der Waals surface area (Å²) in [6.45, 7) is 7.20. The van der Waals surface area contributed by atoms with E-state index >= 15 is 0 Å². The van der Waals surface area contributed by atoms with E-state index in [9.17, 15) is 4.79 Å². The highest BCUT2D eigenvalue weighted by atomic mass is 16.2. The summed E-state index contributed by atoms with van der Waals surface area (Å²) in [6.07, 6.45) is 16.0. The molecule has 5 nitrogen and oxygen atoms in total. The molecule has 0 bridgehead atoms. The van der Waals surface area contributed by atoms with Crippen molar-refractivity contribution in [3.8, 4) is 0 Å². The predicted octanol–water partition coefficient (Wildman–Crippen LogP) is 5.00. The average molecular weight is 481 g/mol. The van der Waals surface area contributed by atoms with Gasteiger partial charge >= 0.3 is 0 Å². The molecular weight excluding hydrogens is 432 g/mol. The van der Waals surface area contributed by atoms with Crippen LogP contribution in [0.25, 0.3) is 0 Å². The topological polar surface area (TPSA) is 56.4 Å². The van der Waals surface area contributed by atoms with Crippen LogP contribution in [0.3, 0.4) is 0 Å². The van der Waals surface area contributed by atoms with Gasteiger partial charge in [0.15, 0.2) is 0 Å². The molecule has 1 amide bonds. The van der Waals surface area contributed by atoms with E-state index in [4.69, 9.17) is 0 Å². The third-order valence-corrected chi connectivity index (χ3v) is 9.87. The van der Waals surface area contributed by atoms with Crippen LogP contribution in [0.2, 0.25) is 0 Å². The number of nitrogens with zero attached hydrogens (tertiary/aromatic N) is 1. The molecule has 35 heavy (non-hydrogen) atoms. The number of hydrogen-bond donors (Lipinski definition) is 3. The second-order valence-corrected chi connectivity index (χ2v) is 11.9. The molecule has 4 fully saturated rings. The fraction of sp³-hybridized carbons (Fsp3) is 0.767. The number of nitrogens with one attached hydrogen (secondary N) is 3. The number of fused-ring (bicyclic) bond motifs is 1. The Kier molecular flexibility index (Phi) is 8.34. The number of para-hydroxylation sites is 1. The molecule has 0 aromatic heterocycles. The predicted molar refractivity (Wildman–Crippen MR) is 145 cm³/mol. The van der Waals surface area contributed by atoms with Gasteiger partial charge in [0.1, 0.15) is 0 Å². The first-order chi connectivity index (χ1) is 17.2. The Labute approximate surface area is 213 Å². The van der Waals surface area contributed by atoms with Gasteiger partial charge in [0.05, 0.1) is 6.04 Å². The lowest BCUT2D eigenvalue weighted by molar-refractivity contribution is -0.123. The normalized spacial score (nSPS) is 32.8. The lowest BCUT2D eigenvalue weighted by atomic mass is 9.59. The molecule has 5 rings (SSSR count). The molecule has 3 N–H and O–H groups in total. The Morgan fingerprint density at radius 2 is 1.63 bits per heavy atom. The maximum Gasteiger partial charge on any atom is 0.237 e. The highest BCUT2D eigenvalue weighted by Gasteiger charge is 2.56. The molecule has 1 aromatic rings. The Bertz CT molecular complexity index is 827. The standard InChI is InChI=1S/C30H48N4O/c1-23-11-10-15-26-21-27(33-30(23,26)25-13-6-4-2-3-5-7-14-25)29(35)32-22-24-12-8-9-16-28(24)34-19-17-31-18-20-34/h8-9,12,16,23,25-27,31,33H,2-7,10-11,13-15,17-22H2,1H3,(H,32,35). The van der Waals surface area contributed by atoms with Crippen LogP contribution in [-0.4, -0.2) is 43.7 Å². The molecule has 4 unspecified atom stereocenters. The number of carbonyl (C=O) groups excluding carboxylic acids is 1. The van der Waals surface area contributed by atoms with Crippen molar-refractivity contribution in [1.82, 2.24) is 16.0 Å². The summed E-state index contributed by atoms with van der Waals surface area (Å²) in [5, 5.41) is 10.9. The number of rotatable bonds is 5. The molecule has 2 aliphatic heterocycles. The quantitative estimate of drug-likeness (QED) is 0.555. The van der Waals surface area contributed by atoms with Gasteiger partial charge in [-0.2, -0.15) is 0 Å². The highest BCUT2D eigenvalue weighted by Crippen LogP contribution is 2.52. The summed E-state index contributed by atoms with van der Waals surface area (Å²) in [7, 11) is 0. The fourth-order valence-corrected chi connectivity index (χ4v) is 8.09. The van der Waals surface area contributed by atoms with Gasteiger partial charge in [-0.3, -0.25) is 10.1 Å². The van der Waals surface area contributed by atoms with E-state index in [0.29, 0.717) is 18.4 Å². The number of hydrogen-bond acceptors (Lipinski definition) is 4. The minimum atomic E-state index is -0.0421. The minimum absolute atomic E-state index is 0.0421. The van der Waals surface area contributed by atoms with Crippen LogP contribution in [0, 0.1) is 17.8 Å². The van der Waals surface area contributed by atoms with Gasteiger partial charge in [-0.05, 0) is 61.5 Å². The van der Waals surface area contributed by atoms with Crippen LogP contribution in [0.1, 0.15) is 89.5 Å². The van der Waals surface area contributed by atoms with E-state index < -0.39 is 0 Å². The molecule has 4 aliphatic rings. The summed E-state index contributed by atoms with van der Waals surface area (Å²) in [5.74, 6) is 2.26. The van der Waals surface area contributed by atoms with Crippen molar-refractivity contribution in [2.45, 2.75) is 102 Å². The van der Waals surface area contributed by atoms with E-state index in [1.54, 1.807) is 0 Å². The maximum atomic E-state index is 13.6. The molecule has 2 saturated carbocycles. The maximum absolute atomic E-state index is 13.6. The van der Waals surface area contributed by atoms with Crippen molar-refractivity contribution in [2.75, 3.05) is 31.1 Å². The second kappa shape index (κ2) is 11.6. The Morgan fingerprint density at radius 1 is 0.943 bits per heavy atom. The molecule has 2 aliphatic carbocycles. The second-order valence-electron chi connectivity index (χ2n) is 11.9. The number of carbonyl (C=O) groups is 1. The zero-order chi connectivity index (χ0) is 24.1. The van der Waals surface area contributed by atoms with Gasteiger partial charge in [0.2, 0.25) is 5.91 Å². The first-order valence-electron chi connectivity index (χ1n) is 14.8. The summed E-state index contributed by atoms with van der Waals surface area (Å²) < 4.78 is 0. The Hall–Kier alpha value is -1.59. The molecule has 5 heteroatoms. The van der Waals surface area contributed by atoms with Crippen molar-refractivity contribution in [1.29, 1.82) is 0 Å². The smallest absolute Gasteiger partial charge is 0.237 e. The fourth-order valence-electron chi connectivity index (χ4n) is 8.09. The van der Waals surface area contributed by atoms with Gasteiger partial charge in [0, 0.05) is 44.0 Å². The largest absolute Gasteiger partial charge is 0.369 e. The van der Waals surface area contributed by atoms with Crippen LogP contribution in [-0.2, 0) is 11.3 Å². The molecule has 2 heterocycles. The van der Waals surface area contributed by atoms with E-state index in [1.165, 1.54) is 81.9 Å². The summed E-state index contributed by atoms with van der Waals surface area (Å²) in [6, 6.07) is 8.57. The summed E-state index contributed by atoms with van der Waals surface area (Å²) in [4.78, 5) is 16.0. The Morgan fingerprint density at radius 3 is 2.40 bits per heavy atom. The van der Waals surface area contributed by atoms with Gasteiger partial charge in [-0.25, -0.2) is 0 Å². The van der Waals surface area contributed by atoms with Gasteiger partial charge in [-0.1, -0.05) is 70.1 Å². The van der Waals surface area contributed by atoms with Crippen LogP contribution in [0.15, 0.2) is 24.3 Å². The van der Waals surface area contributed by atoms with E-state index in [2.05, 4.69) is 52.0 Å². The molecule has 0 radical (unpaired) electrons. The summed E-state index contributed by atoms with van der Waals surface area (Å²) >= 11 is 0. The minimum Gasteiger partial charge on any atom is -0.369 e. The lowest BCUT2D eigenvalue weighted by Crippen LogP contribution is -2.60. The molecule has 194 valence electrons. The van der Waals surface area contributed by atoms with Crippen molar-refractivity contribution in [3.63, 3.8) is 0 Å². The number of benzene rings is 1. The molecule has 2 saturated heterocycles. The average Bonchev–Trinajstić information content (AvgIpc) is 3.35. The Balaban J connectivity index is 1.27. The SMILES string of the molecule is CC1CCCC2CC(C(=O)NCc3ccccc3N3CCNCC3)NC12C1CCCCCCCC1.